The highest BCUT2D eigenvalue weighted by Crippen LogP contribution is 2.63. The normalized spacial score (nSPS) is 59.5. The van der Waals surface area contributed by atoms with Gasteiger partial charge in [0.15, 0.2) is 0 Å². The molecule has 0 amide bonds. The minimum Gasteiger partial charge on any atom is -0.632 e. The molecule has 21 heavy (non-hydrogen) atoms. The Kier molecular flexibility index (Phi) is 2.74. The van der Waals surface area contributed by atoms with E-state index >= 15 is 0 Å². The number of aliphatic hydroxyl groups is 2. The Labute approximate surface area is 125 Å². The maximum absolute atomic E-state index is 13.6. The number of carbonyl (C=O) groups is 1. The second-order valence-corrected chi connectivity index (χ2v) is 7.93. The molecule has 0 radical (unpaired) electrons. The first-order valence-corrected chi connectivity index (χ1v) is 8.37. The van der Waals surface area contributed by atoms with E-state index in [2.05, 4.69) is 0 Å². The first-order chi connectivity index (χ1) is 9.86. The number of carbonyl (C=O) groups excluding carboxylic acids is 1. The van der Waals surface area contributed by atoms with Crippen molar-refractivity contribution in [2.24, 2.45) is 17.8 Å². The number of aliphatic hydroxyl groups excluding tert-OH is 1. The minimum absolute atomic E-state index is 0.0199. The molecule has 2 aliphatic heterocycles. The average Bonchev–Trinajstić information content (AvgIpc) is 2.42. The summed E-state index contributed by atoms with van der Waals surface area (Å²) in [6, 6.07) is 0. The van der Waals surface area contributed by atoms with Crippen molar-refractivity contribution in [2.45, 2.75) is 62.7 Å². The number of rotatable bonds is 0. The molecule has 4 aliphatic rings. The summed E-state index contributed by atoms with van der Waals surface area (Å²) in [5.74, 6) is -0.667. The zero-order valence-corrected chi connectivity index (χ0v) is 12.6. The second-order valence-electron chi connectivity index (χ2n) is 7.93. The third-order valence-electron chi connectivity index (χ3n) is 7.19. The number of hydroxylamine groups is 3. The largest absolute Gasteiger partial charge is 0.632 e. The zero-order valence-electron chi connectivity index (χ0n) is 12.6. The molecule has 4 rings (SSSR count). The Morgan fingerprint density at radius 3 is 2.81 bits per heavy atom. The van der Waals surface area contributed by atoms with Crippen molar-refractivity contribution in [3.8, 4) is 0 Å². The molecule has 5 nitrogen and oxygen atoms in total. The molecular weight excluding hydrogens is 270 g/mol. The lowest BCUT2D eigenvalue weighted by atomic mass is 9.45. The monoisotopic (exact) mass is 295 g/mol. The summed E-state index contributed by atoms with van der Waals surface area (Å²) in [6.45, 7) is 3.00. The van der Waals surface area contributed by atoms with E-state index in [0.717, 1.165) is 12.8 Å². The first kappa shape index (κ1) is 14.1. The molecule has 1 spiro atoms. The van der Waals surface area contributed by atoms with Crippen LogP contribution in [-0.4, -0.2) is 51.0 Å². The molecular formula is C16H25NO4. The van der Waals surface area contributed by atoms with E-state index in [9.17, 15) is 20.2 Å². The van der Waals surface area contributed by atoms with Crippen LogP contribution in [0, 0.1) is 23.0 Å². The highest BCUT2D eigenvalue weighted by molar-refractivity contribution is 5.84. The van der Waals surface area contributed by atoms with Crippen LogP contribution in [0.25, 0.3) is 0 Å². The van der Waals surface area contributed by atoms with Crippen LogP contribution in [-0.2, 0) is 4.79 Å². The predicted molar refractivity (Wildman–Crippen MR) is 75.9 cm³/mol. The van der Waals surface area contributed by atoms with Crippen molar-refractivity contribution in [3.63, 3.8) is 0 Å². The molecule has 2 saturated carbocycles. The number of Topliss-reactive ketones (excluding diaryl/α,β-unsaturated/α-hetero) is 1. The van der Waals surface area contributed by atoms with E-state index in [4.69, 9.17) is 0 Å². The van der Waals surface area contributed by atoms with Crippen molar-refractivity contribution in [1.82, 2.24) is 0 Å². The molecule has 2 saturated heterocycles. The van der Waals surface area contributed by atoms with Crippen LogP contribution in [0.15, 0.2) is 0 Å². The number of quaternary nitrogens is 1. The van der Waals surface area contributed by atoms with Crippen molar-refractivity contribution in [1.29, 1.82) is 0 Å². The fourth-order valence-corrected chi connectivity index (χ4v) is 6.42. The average molecular weight is 295 g/mol. The Bertz CT molecular complexity index is 493. The van der Waals surface area contributed by atoms with Crippen LogP contribution >= 0.6 is 0 Å². The van der Waals surface area contributed by atoms with Crippen LogP contribution < -0.4 is 0 Å². The molecule has 0 aromatic rings. The predicted octanol–water partition coefficient (Wildman–Crippen LogP) is 0.964. The number of hydrogen-bond donors (Lipinski definition) is 2. The van der Waals surface area contributed by atoms with E-state index in [1.165, 1.54) is 0 Å². The summed E-state index contributed by atoms with van der Waals surface area (Å²) in [4.78, 5) is 12.6. The Morgan fingerprint density at radius 2 is 2.05 bits per heavy atom. The van der Waals surface area contributed by atoms with E-state index in [-0.39, 0.29) is 24.0 Å². The van der Waals surface area contributed by atoms with Gasteiger partial charge in [-0.15, -0.1) is 0 Å². The van der Waals surface area contributed by atoms with Crippen molar-refractivity contribution in [2.75, 3.05) is 13.1 Å². The zero-order chi connectivity index (χ0) is 15.0. The highest BCUT2D eigenvalue weighted by Gasteiger charge is 2.76. The number of nitrogens with zero attached hydrogens (tertiary/aromatic N) is 1. The number of ketones is 1. The van der Waals surface area contributed by atoms with Crippen molar-refractivity contribution < 1.29 is 19.7 Å². The Hall–Kier alpha value is -0.490. The lowest BCUT2D eigenvalue weighted by molar-refractivity contribution is -0.960. The minimum atomic E-state index is -1.15. The molecule has 2 heterocycles. The van der Waals surface area contributed by atoms with Gasteiger partial charge >= 0.3 is 0 Å². The quantitative estimate of drug-likeness (QED) is 0.515. The first-order valence-electron chi connectivity index (χ1n) is 8.37. The van der Waals surface area contributed by atoms with Gasteiger partial charge in [0.05, 0.1) is 25.1 Å². The summed E-state index contributed by atoms with van der Waals surface area (Å²) in [6.07, 6.45) is 2.83. The molecule has 2 aliphatic carbocycles. The summed E-state index contributed by atoms with van der Waals surface area (Å²) in [5, 5.41) is 35.6. The van der Waals surface area contributed by atoms with Gasteiger partial charge in [-0.1, -0.05) is 6.92 Å². The highest BCUT2D eigenvalue weighted by atomic mass is 16.6. The Morgan fingerprint density at radius 1 is 1.33 bits per heavy atom. The van der Waals surface area contributed by atoms with Gasteiger partial charge in [-0.2, -0.15) is 0 Å². The van der Waals surface area contributed by atoms with Crippen LogP contribution in [0.1, 0.15) is 45.4 Å². The number of piperidine rings is 2. The van der Waals surface area contributed by atoms with Crippen LogP contribution in [0.3, 0.4) is 0 Å². The fourth-order valence-electron chi connectivity index (χ4n) is 6.42. The van der Waals surface area contributed by atoms with Crippen molar-refractivity contribution in [3.05, 3.63) is 5.21 Å². The smallest absolute Gasteiger partial charge is 0.142 e. The molecule has 7 atom stereocenters. The fraction of sp³-hybridized carbons (Fsp3) is 0.938. The third kappa shape index (κ3) is 1.39. The SMILES string of the molecule is C[C@H]1C[C@]23[C@@H]4CCC[N+]2([O-])CCC[C@]3(O)[C@@H](CC4=O)[C@@H]1O. The van der Waals surface area contributed by atoms with Gasteiger partial charge in [-0.3, -0.25) is 4.79 Å². The summed E-state index contributed by atoms with van der Waals surface area (Å²) in [5.41, 5.74) is -2.04. The second kappa shape index (κ2) is 4.07. The van der Waals surface area contributed by atoms with Gasteiger partial charge in [-0.05, 0) is 31.6 Å². The van der Waals surface area contributed by atoms with E-state index in [1.54, 1.807) is 0 Å². The summed E-state index contributed by atoms with van der Waals surface area (Å²) in [7, 11) is 0. The molecule has 2 bridgehead atoms. The van der Waals surface area contributed by atoms with Crippen molar-refractivity contribution >= 4 is 5.78 Å². The maximum Gasteiger partial charge on any atom is 0.142 e. The van der Waals surface area contributed by atoms with E-state index < -0.39 is 27.8 Å². The van der Waals surface area contributed by atoms with Gasteiger partial charge in [-0.25, -0.2) is 0 Å². The van der Waals surface area contributed by atoms with Crippen LogP contribution in [0.4, 0.5) is 0 Å². The number of hydrogen-bond acceptors (Lipinski definition) is 4. The molecule has 5 heteroatoms. The van der Waals surface area contributed by atoms with Gasteiger partial charge in [0, 0.05) is 18.8 Å². The van der Waals surface area contributed by atoms with Gasteiger partial charge < -0.3 is 20.1 Å². The molecule has 118 valence electrons. The Balaban J connectivity index is 1.95. The van der Waals surface area contributed by atoms with Crippen LogP contribution in [0.2, 0.25) is 0 Å². The van der Waals surface area contributed by atoms with Gasteiger partial charge in [0.25, 0.3) is 0 Å². The van der Waals surface area contributed by atoms with E-state index in [1.807, 2.05) is 6.92 Å². The summed E-state index contributed by atoms with van der Waals surface area (Å²) >= 11 is 0. The van der Waals surface area contributed by atoms with Crippen LogP contribution in [0.5, 0.6) is 0 Å². The van der Waals surface area contributed by atoms with Gasteiger partial charge in [0.1, 0.15) is 16.9 Å². The maximum atomic E-state index is 13.6. The van der Waals surface area contributed by atoms with Gasteiger partial charge in [0.2, 0.25) is 0 Å². The third-order valence-corrected chi connectivity index (χ3v) is 7.19. The molecule has 4 fully saturated rings. The standard InChI is InChI=1S/C16H25NO4/c1-10-9-15-11-4-2-6-17(15,21)7-3-5-16(15,20)12(14(10)19)8-13(11)18/h10-12,14,19-20H,2-9H2,1H3/t10-,11+,12-,14+,15+,16-,17?/m0/s1. The topological polar surface area (TPSA) is 80.6 Å². The van der Waals surface area contributed by atoms with E-state index in [0.29, 0.717) is 32.4 Å². The lowest BCUT2D eigenvalue weighted by Crippen LogP contribution is -2.86. The molecule has 1 unspecified atom stereocenters. The summed E-state index contributed by atoms with van der Waals surface area (Å²) < 4.78 is -0.395. The molecule has 2 N–H and O–H groups in total. The lowest BCUT2D eigenvalue weighted by Gasteiger charge is -2.74. The molecule has 0 aromatic heterocycles. The molecule has 0 aromatic carbocycles.